The van der Waals surface area contributed by atoms with Crippen LogP contribution in [0.5, 0.6) is 0 Å². The smallest absolute Gasteiger partial charge is 0.149 e. The first kappa shape index (κ1) is 147. The molecule has 0 aliphatic carbocycles. The van der Waals surface area contributed by atoms with Crippen LogP contribution in [0.15, 0.2) is 0 Å². The molecule has 0 spiro atoms. The summed E-state index contributed by atoms with van der Waals surface area (Å²) in [5, 5.41) is 220. The van der Waals surface area contributed by atoms with E-state index in [0.717, 1.165) is 26.4 Å². The Morgan fingerprint density at radius 3 is 0.558 bits per heavy atom. The Balaban J connectivity index is -0.000000108. The Bertz CT molecular complexity index is 1630. The van der Waals surface area contributed by atoms with Gasteiger partial charge in [-0.15, -0.1) is 0 Å². The predicted octanol–water partition coefficient (Wildman–Crippen LogP) is -14.3. The molecule has 0 aromatic rings. The van der Waals surface area contributed by atoms with E-state index in [1.165, 1.54) is 0 Å². The van der Waals surface area contributed by atoms with Crippen LogP contribution in [0.25, 0.3) is 0 Å². The van der Waals surface area contributed by atoms with E-state index in [4.69, 9.17) is 228 Å². The maximum absolute atomic E-state index is 9.16. The second kappa shape index (κ2) is 115. The molecule has 16 unspecified atom stereocenters. The molecule has 16 atom stereocenters. The van der Waals surface area contributed by atoms with Gasteiger partial charge in [0.15, 0.2) is 0 Å². The number of epoxide rings is 4. The van der Waals surface area contributed by atoms with Crippen molar-refractivity contribution in [2.75, 3.05) is 293 Å². The van der Waals surface area contributed by atoms with E-state index in [1.54, 1.807) is 0 Å². The zero-order valence-corrected chi connectivity index (χ0v) is 83.1. The standard InChI is InChI=1S/C9H20O3.C8H16O6.3C7H16O6.3C7H14O5.C5H12O5.CH4O2.H2O.5W/c1-8(5-10)6-11-7-12-9(2,3)4;9-5-11-1-7(10)2-12-6-13-3-8-4-14-8;3*8-1-6(10)3-12-5-13-4-7(11)2-9;3*8-1-6(9)2-10-5-11-3-7-4-12-7;6-1-5(8)2-9-4-10-3-7;2-1-3;;;;;;/h8,10H,5-7H2,1-4H3;7-10H,1-6H2;3*6-11H,1-5H2;3*6-9H,1-5H2;5-8H,1-4H2;2-3H,1H2;1H2;;;;;. The van der Waals surface area contributed by atoms with Gasteiger partial charge in [0.1, 0.15) is 173 Å². The van der Waals surface area contributed by atoms with E-state index < -0.39 is 87.5 Å². The molecule has 4 aliphatic rings. The summed E-state index contributed by atoms with van der Waals surface area (Å²) in [5.74, 6) is 0.188. The third kappa shape index (κ3) is 140. The molecular weight excluding hydrogens is 2500 g/mol. The summed E-state index contributed by atoms with van der Waals surface area (Å²) in [4.78, 5) is 0. The number of hydrogen-bond donors (Lipinski definition) is 26. The van der Waals surface area contributed by atoms with Crippen LogP contribution >= 0.6 is 0 Å². The van der Waals surface area contributed by atoms with Crippen molar-refractivity contribution in [1.82, 2.24) is 0 Å². The maximum Gasteiger partial charge on any atom is 0.149 e. The molecule has 4 saturated heterocycles. The normalized spacial score (nSPS) is 17.6. The van der Waals surface area contributed by atoms with Crippen molar-refractivity contribution in [2.24, 2.45) is 5.92 Å². The first-order valence-corrected chi connectivity index (χ1v) is 35.7. The quantitative estimate of drug-likeness (QED) is 0.0153. The molecule has 734 valence electrons. The fraction of sp³-hybridized carbons (Fsp3) is 1.00. The van der Waals surface area contributed by atoms with Gasteiger partial charge in [-0.3, -0.25) is 0 Å². The molecule has 0 aromatic heterocycles. The van der Waals surface area contributed by atoms with Gasteiger partial charge in [0.05, 0.1) is 210 Å². The van der Waals surface area contributed by atoms with Crippen LogP contribution in [-0.4, -0.2) is 528 Å². The average molecular weight is 2650 g/mol. The van der Waals surface area contributed by atoms with Crippen LogP contribution in [0.2, 0.25) is 0 Å². The Hall–Kier alpha value is 1.44. The van der Waals surface area contributed by atoms with Crippen LogP contribution in [-0.2, 0) is 214 Å². The number of rotatable bonds is 65. The topological polar surface area (TPSA) is 783 Å². The van der Waals surface area contributed by atoms with Crippen LogP contribution < -0.4 is 0 Å². The summed E-state index contributed by atoms with van der Waals surface area (Å²) in [7, 11) is 0. The van der Waals surface area contributed by atoms with E-state index in [0.29, 0.717) is 39.8 Å². The minimum Gasteiger partial charge on any atom is -0.412 e. The maximum atomic E-state index is 9.16. The molecule has 4 heterocycles. The summed E-state index contributed by atoms with van der Waals surface area (Å²) < 4.78 is 112. The van der Waals surface area contributed by atoms with Crippen molar-refractivity contribution >= 4 is 0 Å². The summed E-state index contributed by atoms with van der Waals surface area (Å²) in [6.07, 6.45) is -8.59. The van der Waals surface area contributed by atoms with Crippen molar-refractivity contribution in [3.63, 3.8) is 0 Å². The third-order valence-corrected chi connectivity index (χ3v) is 11.5. The monoisotopic (exact) mass is 2640 g/mol. The molecule has 28 N–H and O–H groups in total. The summed E-state index contributed by atoms with van der Waals surface area (Å²) in [5.41, 5.74) is -0.150. The minimum absolute atomic E-state index is 0. The van der Waals surface area contributed by atoms with Crippen molar-refractivity contribution in [3.8, 4) is 0 Å². The van der Waals surface area contributed by atoms with Crippen LogP contribution in [0.4, 0.5) is 0 Å². The fourth-order valence-corrected chi connectivity index (χ4v) is 5.19. The van der Waals surface area contributed by atoms with Gasteiger partial charge >= 0.3 is 0 Å². The number of aliphatic hydroxyl groups is 26. The molecule has 0 radical (unpaired) electrons. The van der Waals surface area contributed by atoms with E-state index in [1.807, 2.05) is 27.7 Å². The molecule has 4 rings (SSSR count). The molecule has 4 fully saturated rings. The Morgan fingerprint density at radius 1 is 0.242 bits per heavy atom. The largest absolute Gasteiger partial charge is 0.412 e. The number of hydrogen-bond acceptors (Lipinski definition) is 49. The predicted molar refractivity (Wildman–Crippen MR) is 386 cm³/mol. The van der Waals surface area contributed by atoms with Gasteiger partial charge in [-0.1, -0.05) is 6.92 Å². The van der Waals surface area contributed by atoms with E-state index in [9.17, 15) is 0 Å². The van der Waals surface area contributed by atoms with E-state index >= 15 is 0 Å². The van der Waals surface area contributed by atoms with Gasteiger partial charge in [-0.05, 0) is 20.8 Å². The molecule has 0 amide bonds. The van der Waals surface area contributed by atoms with E-state index in [2.05, 4.69) is 14.2 Å². The van der Waals surface area contributed by atoms with Crippen molar-refractivity contribution in [1.29, 1.82) is 0 Å². The zero-order chi connectivity index (χ0) is 87.1. The van der Waals surface area contributed by atoms with Gasteiger partial charge in [-0.25, -0.2) is 0 Å². The average Bonchev–Trinajstić information content (AvgIpc) is 1.82. The first-order valence-electron chi connectivity index (χ1n) is 35.7. The Labute approximate surface area is 771 Å². The summed E-state index contributed by atoms with van der Waals surface area (Å²) >= 11 is 0. The van der Waals surface area contributed by atoms with Gasteiger partial charge in [0.25, 0.3) is 0 Å². The van der Waals surface area contributed by atoms with Crippen LogP contribution in [0.1, 0.15) is 27.7 Å². The van der Waals surface area contributed by atoms with Gasteiger partial charge in [0, 0.05) is 118 Å². The summed E-state index contributed by atoms with van der Waals surface area (Å²) in [6.45, 7) is 9.71. The van der Waals surface area contributed by atoms with Gasteiger partial charge < -0.3 is 247 Å². The Kier molecular flexibility index (Phi) is 140. The molecule has 55 heteroatoms. The first-order chi connectivity index (χ1) is 54.6. The van der Waals surface area contributed by atoms with Crippen molar-refractivity contribution in [2.45, 2.75) is 125 Å². The molecule has 4 aliphatic heterocycles. The molecule has 0 saturated carbocycles. The van der Waals surface area contributed by atoms with Crippen molar-refractivity contribution < 1.29 is 353 Å². The minimum atomic E-state index is -0.911. The Morgan fingerprint density at radius 2 is 0.400 bits per heavy atom. The molecule has 120 heavy (non-hydrogen) atoms. The molecular formula is C65H144O50W5. The number of aliphatic hydroxyl groups excluding tert-OH is 25. The van der Waals surface area contributed by atoms with Gasteiger partial charge in [-0.2, -0.15) is 0 Å². The molecule has 0 bridgehead atoms. The third-order valence-electron chi connectivity index (χ3n) is 11.5. The number of ether oxygens (including phenoxy) is 23. The van der Waals surface area contributed by atoms with E-state index in [-0.39, 0.29) is 353 Å². The van der Waals surface area contributed by atoms with Crippen LogP contribution in [0, 0.1) is 5.92 Å². The van der Waals surface area contributed by atoms with Crippen LogP contribution in [0.3, 0.4) is 0 Å². The second-order valence-electron chi connectivity index (χ2n) is 24.4. The molecule has 50 nitrogen and oxygen atoms in total. The summed E-state index contributed by atoms with van der Waals surface area (Å²) in [6, 6.07) is 0. The van der Waals surface area contributed by atoms with Gasteiger partial charge in [0.2, 0.25) is 0 Å². The zero-order valence-electron chi connectivity index (χ0n) is 68.4. The second-order valence-corrected chi connectivity index (χ2v) is 24.4. The SMILES string of the molecule is CC(CO)COCOC(C)(C)C.O.OCC(O)COCOCC(O)CO.OCC(O)COCOCC(O)CO.OCC(O)COCOCC(O)CO.OCC(O)COCOCC1CO1.OCC(O)COCOCC1CO1.OCC(O)COCOCC1CO1.OCO.OCOCC(O)COCOCC1CO1.OCOCOCC(O)CO.[W].[W].[W].[W].[W]. The van der Waals surface area contributed by atoms with Crippen molar-refractivity contribution in [3.05, 3.63) is 0 Å². The molecule has 0 aromatic carbocycles. The fourth-order valence-electron chi connectivity index (χ4n) is 5.19.